The van der Waals surface area contributed by atoms with Gasteiger partial charge in [0.25, 0.3) is 0 Å². The van der Waals surface area contributed by atoms with Crippen LogP contribution in [0.4, 0.5) is 18.0 Å². The van der Waals surface area contributed by atoms with Gasteiger partial charge in [-0.05, 0) is 71.8 Å². The highest BCUT2D eigenvalue weighted by atomic mass is 32.2. The third-order valence-electron chi connectivity index (χ3n) is 8.62. The number of likely N-dealkylation sites (tertiary alicyclic amines) is 1. The van der Waals surface area contributed by atoms with Crippen LogP contribution in [-0.2, 0) is 14.9 Å². The lowest BCUT2D eigenvalue weighted by molar-refractivity contribution is -0.131. The minimum absolute atomic E-state index is 0.0502. The van der Waals surface area contributed by atoms with Crippen molar-refractivity contribution >= 4 is 22.1 Å². The molecule has 2 heterocycles. The molecule has 0 radical (unpaired) electrons. The van der Waals surface area contributed by atoms with E-state index in [1.54, 1.807) is 17.2 Å². The zero-order chi connectivity index (χ0) is 33.4. The van der Waals surface area contributed by atoms with Crippen LogP contribution in [-0.4, -0.2) is 59.0 Å². The van der Waals surface area contributed by atoms with Crippen molar-refractivity contribution in [2.75, 3.05) is 13.1 Å². The average Bonchev–Trinajstić information content (AvgIpc) is 3.80. The largest absolute Gasteiger partial charge is 0.534 e. The molecule has 0 spiro atoms. The van der Waals surface area contributed by atoms with Crippen molar-refractivity contribution in [1.29, 1.82) is 0 Å². The zero-order valence-electron chi connectivity index (χ0n) is 25.7. The fourth-order valence-corrected chi connectivity index (χ4v) is 7.26. The molecule has 2 bridgehead atoms. The number of nitrogens with one attached hydrogen (secondary N) is 2. The predicted molar refractivity (Wildman–Crippen MR) is 165 cm³/mol. The van der Waals surface area contributed by atoms with Gasteiger partial charge in [-0.2, -0.15) is 21.6 Å². The summed E-state index contributed by atoms with van der Waals surface area (Å²) in [5, 5.41) is 11.0. The summed E-state index contributed by atoms with van der Waals surface area (Å²) in [6.45, 7) is 6.45. The number of hydrogen-bond acceptors (Lipinski definition) is 6. The van der Waals surface area contributed by atoms with E-state index in [1.807, 2.05) is 31.2 Å². The molecule has 248 valence electrons. The van der Waals surface area contributed by atoms with E-state index >= 15 is 0 Å². The summed E-state index contributed by atoms with van der Waals surface area (Å²) in [6, 6.07) is 10.2. The molecule has 10 nitrogen and oxygen atoms in total. The fraction of sp³-hybridized carbons (Fsp3) is 0.469. The number of rotatable bonds is 7. The Balaban J connectivity index is 0.00000134. The number of halogens is 3. The van der Waals surface area contributed by atoms with Gasteiger partial charge in [0.2, 0.25) is 5.91 Å². The van der Waals surface area contributed by atoms with Crippen molar-refractivity contribution in [3.63, 3.8) is 0 Å². The summed E-state index contributed by atoms with van der Waals surface area (Å²) in [7, 11) is -5.78. The molecular formula is C32H37F3N4O6S. The highest BCUT2D eigenvalue weighted by Crippen LogP contribution is 2.58. The Hall–Kier alpha value is -4.07. The van der Waals surface area contributed by atoms with Gasteiger partial charge in [0, 0.05) is 12.1 Å². The number of hydrogen-bond donors (Lipinski definition) is 3. The summed E-state index contributed by atoms with van der Waals surface area (Å²) in [5.41, 5.74) is -0.895. The second-order valence-corrected chi connectivity index (χ2v) is 13.7. The summed E-state index contributed by atoms with van der Waals surface area (Å²) >= 11 is 0. The number of aromatic amines is 1. The van der Waals surface area contributed by atoms with E-state index < -0.39 is 21.7 Å². The number of nitrogens with zero attached hydrogens (tertiary/aromatic N) is 2. The number of aromatic nitrogens is 2. The first-order chi connectivity index (χ1) is 21.7. The Bertz CT molecular complexity index is 1710. The van der Waals surface area contributed by atoms with E-state index in [4.69, 9.17) is 5.11 Å². The number of carboxylic acid groups (broad SMARTS) is 1. The van der Waals surface area contributed by atoms with Crippen LogP contribution >= 0.6 is 0 Å². The molecule has 2 fully saturated rings. The molecule has 1 aromatic heterocycles. The Kier molecular flexibility index (Phi) is 9.39. The number of fused-ring (bicyclic) bond motifs is 5. The highest BCUT2D eigenvalue weighted by Gasteiger charge is 2.50. The second-order valence-electron chi connectivity index (χ2n) is 12.2. The lowest BCUT2D eigenvalue weighted by atomic mass is 9.85. The zero-order valence-corrected chi connectivity index (χ0v) is 26.5. The lowest BCUT2D eigenvalue weighted by Gasteiger charge is -2.23. The van der Waals surface area contributed by atoms with Crippen molar-refractivity contribution in [3.05, 3.63) is 59.5 Å². The molecule has 1 saturated heterocycles. The number of H-pyrrole nitrogens is 1. The van der Waals surface area contributed by atoms with Crippen molar-refractivity contribution in [2.45, 2.75) is 76.3 Å². The standard InChI is InChI=1S/C29H29F3N4O6S.C3H8/c1-15-10-22(36(14-15)24(37)13-34-28(38)39)27-33-12-21(35-27)17-4-2-16(3-5-17)20-8-9-23(42-43(40,41)29(30,31)32)26-19-7-6-18(11-19)25(20)26;1-3-2/h2-5,8-9,12,15,18-19,22,34H,6-7,10-11,13-14H2,1H3,(H,33,35)(H,38,39);3H2,1-2H3. The molecule has 2 aromatic carbocycles. The number of carbonyl (C=O) groups is 2. The van der Waals surface area contributed by atoms with Crippen molar-refractivity contribution in [1.82, 2.24) is 20.2 Å². The van der Waals surface area contributed by atoms with Gasteiger partial charge in [0.15, 0.2) is 0 Å². The normalized spacial score (nSPS) is 21.8. The minimum Gasteiger partial charge on any atom is -0.465 e. The van der Waals surface area contributed by atoms with Gasteiger partial charge in [0.1, 0.15) is 18.1 Å². The van der Waals surface area contributed by atoms with Gasteiger partial charge in [-0.3, -0.25) is 4.79 Å². The molecule has 3 N–H and O–H groups in total. The van der Waals surface area contributed by atoms with E-state index in [0.717, 1.165) is 47.2 Å². The lowest BCUT2D eigenvalue weighted by Crippen LogP contribution is -2.39. The summed E-state index contributed by atoms with van der Waals surface area (Å²) in [6.07, 6.45) is 4.73. The summed E-state index contributed by atoms with van der Waals surface area (Å²) in [4.78, 5) is 32.9. The molecule has 14 heteroatoms. The summed E-state index contributed by atoms with van der Waals surface area (Å²) in [5.74, 6) is 0.308. The predicted octanol–water partition coefficient (Wildman–Crippen LogP) is 6.93. The van der Waals surface area contributed by atoms with Gasteiger partial charge < -0.3 is 24.5 Å². The van der Waals surface area contributed by atoms with Crippen LogP contribution in [0.3, 0.4) is 0 Å². The molecular weight excluding hydrogens is 625 g/mol. The Morgan fingerprint density at radius 1 is 1.04 bits per heavy atom. The molecule has 6 rings (SSSR count). The first-order valence-electron chi connectivity index (χ1n) is 15.3. The van der Waals surface area contributed by atoms with Crippen LogP contribution in [0, 0.1) is 5.92 Å². The topological polar surface area (TPSA) is 142 Å². The average molecular weight is 663 g/mol. The van der Waals surface area contributed by atoms with Gasteiger partial charge in [-0.15, -0.1) is 0 Å². The SMILES string of the molecule is CC1CC(c2ncc(-c3ccc(-c4ccc(OS(=O)(=O)C(F)(F)F)c5c4C4CCC5C4)cc3)[nH]2)N(C(=O)CNC(=O)O)C1.CCC. The quantitative estimate of drug-likeness (QED) is 0.184. The second kappa shape index (κ2) is 13.0. The Morgan fingerprint density at radius 3 is 2.30 bits per heavy atom. The first-order valence-corrected chi connectivity index (χ1v) is 16.7. The number of carbonyl (C=O) groups excluding carboxylic acids is 1. The van der Waals surface area contributed by atoms with Gasteiger partial charge in [-0.1, -0.05) is 57.5 Å². The minimum atomic E-state index is -5.78. The van der Waals surface area contributed by atoms with Gasteiger partial charge in [-0.25, -0.2) is 9.78 Å². The maximum absolute atomic E-state index is 13.0. The third kappa shape index (κ3) is 6.58. The van der Waals surface area contributed by atoms with Crippen molar-refractivity contribution < 1.29 is 40.5 Å². The molecule has 2 amide bonds. The van der Waals surface area contributed by atoms with E-state index in [0.29, 0.717) is 24.4 Å². The third-order valence-corrected chi connectivity index (χ3v) is 9.58. The van der Waals surface area contributed by atoms with Crippen LogP contribution in [0.2, 0.25) is 0 Å². The molecule has 2 aliphatic carbocycles. The molecule has 1 aliphatic heterocycles. The van der Waals surface area contributed by atoms with Gasteiger partial charge >= 0.3 is 21.7 Å². The van der Waals surface area contributed by atoms with Crippen LogP contribution in [0.15, 0.2) is 42.6 Å². The van der Waals surface area contributed by atoms with Crippen LogP contribution in [0.5, 0.6) is 5.75 Å². The van der Waals surface area contributed by atoms with Crippen molar-refractivity contribution in [2.24, 2.45) is 5.92 Å². The molecule has 4 unspecified atom stereocenters. The maximum atomic E-state index is 13.0. The molecule has 1 saturated carbocycles. The first kappa shape index (κ1) is 33.3. The molecule has 4 atom stereocenters. The van der Waals surface area contributed by atoms with Crippen LogP contribution in [0.1, 0.15) is 87.7 Å². The van der Waals surface area contributed by atoms with Crippen LogP contribution < -0.4 is 9.50 Å². The number of alkyl halides is 3. The summed E-state index contributed by atoms with van der Waals surface area (Å²) < 4.78 is 67.3. The molecule has 3 aromatic rings. The Morgan fingerprint density at radius 2 is 1.67 bits per heavy atom. The molecule has 46 heavy (non-hydrogen) atoms. The van der Waals surface area contributed by atoms with E-state index in [9.17, 15) is 31.2 Å². The van der Waals surface area contributed by atoms with Gasteiger partial charge in [0.05, 0.1) is 17.9 Å². The highest BCUT2D eigenvalue weighted by molar-refractivity contribution is 7.88. The number of imidazole rings is 1. The van der Waals surface area contributed by atoms with E-state index in [2.05, 4.69) is 33.3 Å². The van der Waals surface area contributed by atoms with E-state index in [-0.39, 0.29) is 42.0 Å². The smallest absolute Gasteiger partial charge is 0.465 e. The Labute approximate surface area is 265 Å². The van der Waals surface area contributed by atoms with E-state index in [1.165, 1.54) is 12.5 Å². The maximum Gasteiger partial charge on any atom is 0.534 e. The van der Waals surface area contributed by atoms with Crippen molar-refractivity contribution in [3.8, 4) is 28.1 Å². The van der Waals surface area contributed by atoms with Crippen LogP contribution in [0.25, 0.3) is 22.4 Å². The fourth-order valence-electron chi connectivity index (χ4n) is 6.79. The number of benzene rings is 2. The number of amides is 2. The molecule has 3 aliphatic rings. The monoisotopic (exact) mass is 662 g/mol.